The van der Waals surface area contributed by atoms with Crippen LogP contribution in [0.1, 0.15) is 41.5 Å². The first-order valence-electron chi connectivity index (χ1n) is 8.13. The molecule has 0 amide bonds. The average Bonchev–Trinajstić information content (AvgIpc) is 3.04. The Bertz CT molecular complexity index is 486. The normalized spacial score (nSPS) is 16.0. The van der Waals surface area contributed by atoms with E-state index in [-0.39, 0.29) is 5.78 Å². The average molecular weight is 291 g/mol. The van der Waals surface area contributed by atoms with Crippen LogP contribution in [-0.2, 0) is 6.54 Å². The minimum Gasteiger partial charge on any atom is -0.349 e. The summed E-state index contributed by atoms with van der Waals surface area (Å²) < 4.78 is 2.21. The van der Waals surface area contributed by atoms with Crippen molar-refractivity contribution in [2.75, 3.05) is 39.8 Å². The van der Waals surface area contributed by atoms with E-state index in [9.17, 15) is 4.79 Å². The highest BCUT2D eigenvalue weighted by atomic mass is 16.1. The Morgan fingerprint density at radius 1 is 1.29 bits per heavy atom. The molecule has 4 heteroatoms. The summed E-state index contributed by atoms with van der Waals surface area (Å²) in [5, 5.41) is 0. The number of hydrogen-bond donors (Lipinski definition) is 0. The highest BCUT2D eigenvalue weighted by Gasteiger charge is 2.17. The topological polar surface area (TPSA) is 28.5 Å². The van der Waals surface area contributed by atoms with Crippen molar-refractivity contribution in [1.29, 1.82) is 0 Å². The minimum absolute atomic E-state index is 0.242. The summed E-state index contributed by atoms with van der Waals surface area (Å²) in [5.41, 5.74) is 3.17. The molecule has 0 bridgehead atoms. The van der Waals surface area contributed by atoms with Crippen LogP contribution in [0.2, 0.25) is 0 Å². The number of aryl methyl sites for hydroxylation is 1. The second-order valence-corrected chi connectivity index (χ2v) is 6.24. The first-order chi connectivity index (χ1) is 10.0. The van der Waals surface area contributed by atoms with Gasteiger partial charge in [0.25, 0.3) is 0 Å². The van der Waals surface area contributed by atoms with Crippen LogP contribution in [0.4, 0.5) is 0 Å². The van der Waals surface area contributed by atoms with Gasteiger partial charge < -0.3 is 9.47 Å². The zero-order valence-electron chi connectivity index (χ0n) is 14.0. The number of Topliss-reactive ketones (excluding diaryl/α,β-unsaturated/α-hetero) is 1. The number of hydrogen-bond acceptors (Lipinski definition) is 3. The Morgan fingerprint density at radius 2 is 1.95 bits per heavy atom. The molecule has 1 saturated heterocycles. The van der Waals surface area contributed by atoms with Crippen LogP contribution in [0.25, 0.3) is 0 Å². The van der Waals surface area contributed by atoms with Crippen LogP contribution in [0, 0.1) is 13.8 Å². The summed E-state index contributed by atoms with van der Waals surface area (Å²) in [7, 11) is 2.05. The molecule has 118 valence electrons. The van der Waals surface area contributed by atoms with Gasteiger partial charge in [-0.25, -0.2) is 0 Å². The van der Waals surface area contributed by atoms with Crippen LogP contribution in [0.5, 0.6) is 0 Å². The molecule has 2 rings (SSSR count). The Balaban J connectivity index is 1.88. The summed E-state index contributed by atoms with van der Waals surface area (Å²) in [6.07, 6.45) is 2.65. The van der Waals surface area contributed by atoms with E-state index < -0.39 is 0 Å². The summed E-state index contributed by atoms with van der Waals surface area (Å²) >= 11 is 0. The molecule has 1 aromatic rings. The lowest BCUT2D eigenvalue weighted by Crippen LogP contribution is -2.34. The molecule has 2 heterocycles. The number of carbonyl (C=O) groups is 1. The van der Waals surface area contributed by atoms with Crippen molar-refractivity contribution in [2.24, 2.45) is 0 Å². The second-order valence-electron chi connectivity index (χ2n) is 6.24. The number of nitrogens with zero attached hydrogens (tertiary/aromatic N) is 3. The van der Waals surface area contributed by atoms with E-state index in [0.29, 0.717) is 6.54 Å². The molecule has 1 aliphatic heterocycles. The van der Waals surface area contributed by atoms with Gasteiger partial charge in [-0.15, -0.1) is 0 Å². The molecule has 0 saturated carbocycles. The van der Waals surface area contributed by atoms with Crippen molar-refractivity contribution in [3.05, 3.63) is 23.0 Å². The third-order valence-electron chi connectivity index (χ3n) is 4.60. The van der Waals surface area contributed by atoms with E-state index in [1.807, 2.05) is 20.0 Å². The minimum atomic E-state index is 0.242. The lowest BCUT2D eigenvalue weighted by Gasteiger charge is -2.20. The number of carbonyl (C=O) groups excluding carboxylic acids is 1. The fourth-order valence-corrected chi connectivity index (χ4v) is 3.30. The van der Waals surface area contributed by atoms with Crippen LogP contribution < -0.4 is 0 Å². The van der Waals surface area contributed by atoms with Gasteiger partial charge in [0, 0.05) is 36.6 Å². The quantitative estimate of drug-likeness (QED) is 0.722. The highest BCUT2D eigenvalue weighted by molar-refractivity contribution is 5.99. The van der Waals surface area contributed by atoms with Gasteiger partial charge in [0.05, 0.1) is 6.54 Å². The first kappa shape index (κ1) is 16.2. The predicted octanol–water partition coefficient (Wildman–Crippen LogP) is 2.34. The van der Waals surface area contributed by atoms with Crippen molar-refractivity contribution in [3.63, 3.8) is 0 Å². The fourth-order valence-electron chi connectivity index (χ4n) is 3.30. The Hall–Kier alpha value is -1.13. The first-order valence-corrected chi connectivity index (χ1v) is 8.13. The molecule has 1 fully saturated rings. The van der Waals surface area contributed by atoms with Gasteiger partial charge in [0.1, 0.15) is 0 Å². The molecule has 0 N–H and O–H groups in total. The van der Waals surface area contributed by atoms with Gasteiger partial charge in [-0.2, -0.15) is 0 Å². The van der Waals surface area contributed by atoms with Crippen LogP contribution in [0.15, 0.2) is 6.07 Å². The Kier molecular flexibility index (Phi) is 5.59. The van der Waals surface area contributed by atoms with Crippen molar-refractivity contribution in [2.45, 2.75) is 40.2 Å². The summed E-state index contributed by atoms with van der Waals surface area (Å²) in [6.45, 7) is 12.2. The third kappa shape index (κ3) is 3.95. The van der Waals surface area contributed by atoms with E-state index in [1.54, 1.807) is 0 Å². The fraction of sp³-hybridized carbons (Fsp3) is 0.706. The smallest absolute Gasteiger partial charge is 0.178 e. The third-order valence-corrected chi connectivity index (χ3v) is 4.60. The monoisotopic (exact) mass is 291 g/mol. The molecule has 21 heavy (non-hydrogen) atoms. The van der Waals surface area contributed by atoms with E-state index in [0.717, 1.165) is 30.9 Å². The van der Waals surface area contributed by atoms with Gasteiger partial charge in [0.15, 0.2) is 5.78 Å². The maximum absolute atomic E-state index is 12.5. The van der Waals surface area contributed by atoms with E-state index >= 15 is 0 Å². The standard InChI is InChI=1S/C17H29N3O/c1-5-20-14(2)12-16(15(20)3)17(21)13-18(4)10-11-19-8-6-7-9-19/h12H,5-11,13H2,1-4H3. The molecule has 0 atom stereocenters. The highest BCUT2D eigenvalue weighted by Crippen LogP contribution is 2.16. The molecular weight excluding hydrogens is 262 g/mol. The van der Waals surface area contributed by atoms with E-state index in [4.69, 9.17) is 0 Å². The molecule has 1 aromatic heterocycles. The molecule has 0 radical (unpaired) electrons. The second kappa shape index (κ2) is 7.23. The Morgan fingerprint density at radius 3 is 2.52 bits per heavy atom. The SMILES string of the molecule is CCn1c(C)cc(C(=O)CN(C)CCN2CCCC2)c1C. The zero-order valence-corrected chi connectivity index (χ0v) is 14.0. The van der Waals surface area contributed by atoms with Gasteiger partial charge in [0.2, 0.25) is 0 Å². The van der Waals surface area contributed by atoms with Crippen molar-refractivity contribution < 1.29 is 4.79 Å². The summed E-state index contributed by atoms with van der Waals surface area (Å²) in [5.74, 6) is 0.242. The van der Waals surface area contributed by atoms with Gasteiger partial charge in [-0.05, 0) is 59.8 Å². The largest absolute Gasteiger partial charge is 0.349 e. The van der Waals surface area contributed by atoms with E-state index in [1.165, 1.54) is 31.6 Å². The van der Waals surface area contributed by atoms with Crippen LogP contribution in [-0.4, -0.2) is 59.9 Å². The van der Waals surface area contributed by atoms with Crippen molar-refractivity contribution in [1.82, 2.24) is 14.4 Å². The van der Waals surface area contributed by atoms with E-state index in [2.05, 4.69) is 28.2 Å². The van der Waals surface area contributed by atoms with Crippen LogP contribution in [0.3, 0.4) is 0 Å². The summed E-state index contributed by atoms with van der Waals surface area (Å²) in [4.78, 5) is 17.1. The number of aromatic nitrogens is 1. The predicted molar refractivity (Wildman–Crippen MR) is 87.1 cm³/mol. The van der Waals surface area contributed by atoms with Crippen molar-refractivity contribution >= 4 is 5.78 Å². The maximum Gasteiger partial charge on any atom is 0.178 e. The molecular formula is C17H29N3O. The van der Waals surface area contributed by atoms with Crippen molar-refractivity contribution in [3.8, 4) is 0 Å². The molecule has 4 nitrogen and oxygen atoms in total. The van der Waals surface area contributed by atoms with Gasteiger partial charge in [-0.3, -0.25) is 9.69 Å². The van der Waals surface area contributed by atoms with Gasteiger partial charge >= 0.3 is 0 Å². The van der Waals surface area contributed by atoms with Crippen LogP contribution >= 0.6 is 0 Å². The number of likely N-dealkylation sites (tertiary alicyclic amines) is 1. The lowest BCUT2D eigenvalue weighted by atomic mass is 10.1. The number of rotatable bonds is 7. The zero-order chi connectivity index (χ0) is 15.4. The molecule has 0 aliphatic carbocycles. The molecule has 0 aromatic carbocycles. The molecule has 1 aliphatic rings. The molecule has 0 unspecified atom stereocenters. The lowest BCUT2D eigenvalue weighted by molar-refractivity contribution is 0.0940. The number of likely N-dealkylation sites (N-methyl/N-ethyl adjacent to an activating group) is 1. The number of ketones is 1. The Labute approximate surface area is 128 Å². The molecule has 0 spiro atoms. The summed E-state index contributed by atoms with van der Waals surface area (Å²) in [6, 6.07) is 2.04. The maximum atomic E-state index is 12.5. The van der Waals surface area contributed by atoms with Gasteiger partial charge in [-0.1, -0.05) is 0 Å².